The van der Waals surface area contributed by atoms with Crippen LogP contribution in [-0.2, 0) is 24.3 Å². The molecule has 1 unspecified atom stereocenters. The minimum absolute atomic E-state index is 0.00316. The van der Waals surface area contributed by atoms with Crippen molar-refractivity contribution >= 4 is 17.2 Å². The molecule has 2 aromatic rings. The molecule has 7 nitrogen and oxygen atoms in total. The molecule has 2 aliphatic heterocycles. The van der Waals surface area contributed by atoms with Crippen molar-refractivity contribution in [2.75, 3.05) is 26.2 Å². The van der Waals surface area contributed by atoms with Crippen molar-refractivity contribution in [3.8, 4) is 0 Å². The molecular weight excluding hydrogens is 388 g/mol. The average molecular weight is 417 g/mol. The van der Waals surface area contributed by atoms with Crippen LogP contribution in [0.25, 0.3) is 0 Å². The summed E-state index contributed by atoms with van der Waals surface area (Å²) in [5.74, 6) is 0.00316. The van der Waals surface area contributed by atoms with Gasteiger partial charge >= 0.3 is 0 Å². The first kappa shape index (κ1) is 20.3. The molecule has 8 heteroatoms. The van der Waals surface area contributed by atoms with E-state index in [4.69, 9.17) is 4.74 Å². The van der Waals surface area contributed by atoms with Crippen LogP contribution in [0, 0.1) is 6.92 Å². The Balaban J connectivity index is 1.35. The van der Waals surface area contributed by atoms with E-state index >= 15 is 0 Å². The van der Waals surface area contributed by atoms with E-state index in [1.165, 1.54) is 17.8 Å². The number of rotatable bonds is 6. The van der Waals surface area contributed by atoms with Gasteiger partial charge in [0.15, 0.2) is 0 Å². The standard InChI is InChI=1S/C21H28N4O3S/c1-15-5-6-19(29-15)21(27)22-13-17-4-2-3-8-24(17)9-10-25-20(26)12-16-14-28-11-7-18(16)23-25/h5-6,12,17H,2-4,7-11,13-14H2,1H3,(H,22,27). The molecule has 0 radical (unpaired) electrons. The molecule has 29 heavy (non-hydrogen) atoms. The average Bonchev–Trinajstić information content (AvgIpc) is 3.17. The summed E-state index contributed by atoms with van der Waals surface area (Å²) in [5.41, 5.74) is 1.83. The Labute approximate surface area is 174 Å². The molecule has 1 fully saturated rings. The Morgan fingerprint density at radius 3 is 3.07 bits per heavy atom. The van der Waals surface area contributed by atoms with Gasteiger partial charge in [-0.2, -0.15) is 5.10 Å². The van der Waals surface area contributed by atoms with Gasteiger partial charge in [0.2, 0.25) is 0 Å². The third-order valence-corrected chi connectivity index (χ3v) is 6.71. The van der Waals surface area contributed by atoms with Gasteiger partial charge in [0.25, 0.3) is 11.5 Å². The van der Waals surface area contributed by atoms with E-state index in [-0.39, 0.29) is 11.5 Å². The van der Waals surface area contributed by atoms with Crippen molar-refractivity contribution in [1.29, 1.82) is 0 Å². The second-order valence-corrected chi connectivity index (χ2v) is 9.07. The summed E-state index contributed by atoms with van der Waals surface area (Å²) in [6, 6.07) is 5.82. The molecule has 1 N–H and O–H groups in total. The number of hydrogen-bond donors (Lipinski definition) is 1. The third kappa shape index (κ3) is 4.94. The number of carbonyl (C=O) groups excluding carboxylic acids is 1. The number of fused-ring (bicyclic) bond motifs is 1. The number of aryl methyl sites for hydroxylation is 1. The summed E-state index contributed by atoms with van der Waals surface area (Å²) >= 11 is 1.52. The van der Waals surface area contributed by atoms with Crippen LogP contribution >= 0.6 is 11.3 Å². The van der Waals surface area contributed by atoms with Gasteiger partial charge in [-0.25, -0.2) is 4.68 Å². The number of nitrogens with one attached hydrogen (secondary N) is 1. The van der Waals surface area contributed by atoms with E-state index < -0.39 is 0 Å². The predicted molar refractivity (Wildman–Crippen MR) is 112 cm³/mol. The van der Waals surface area contributed by atoms with Crippen molar-refractivity contribution in [2.24, 2.45) is 0 Å². The minimum atomic E-state index is -0.0656. The normalized spacial score (nSPS) is 19.7. The van der Waals surface area contributed by atoms with E-state index in [0.29, 0.717) is 32.3 Å². The van der Waals surface area contributed by atoms with Gasteiger partial charge < -0.3 is 10.1 Å². The van der Waals surface area contributed by atoms with E-state index in [1.54, 1.807) is 10.7 Å². The second kappa shape index (κ2) is 9.19. The summed E-state index contributed by atoms with van der Waals surface area (Å²) in [6.45, 7) is 6.12. The SMILES string of the molecule is Cc1ccc(C(=O)NCC2CCCCN2CCn2nc3c(cc2=O)COCC3)s1. The maximum Gasteiger partial charge on any atom is 0.267 e. The molecule has 0 bridgehead atoms. The zero-order valence-electron chi connectivity index (χ0n) is 16.9. The maximum absolute atomic E-state index is 12.4. The van der Waals surface area contributed by atoms with Crippen LogP contribution in [0.2, 0.25) is 0 Å². The summed E-state index contributed by atoms with van der Waals surface area (Å²) in [4.78, 5) is 29.1. The zero-order valence-corrected chi connectivity index (χ0v) is 17.7. The fraction of sp³-hybridized carbons (Fsp3) is 0.571. The molecule has 4 rings (SSSR count). The second-order valence-electron chi connectivity index (χ2n) is 7.79. The fourth-order valence-electron chi connectivity index (χ4n) is 4.08. The van der Waals surface area contributed by atoms with Gasteiger partial charge in [-0.1, -0.05) is 6.42 Å². The summed E-state index contributed by atoms with van der Waals surface area (Å²) in [6.07, 6.45) is 4.15. The topological polar surface area (TPSA) is 76.5 Å². The Kier molecular flexibility index (Phi) is 6.42. The smallest absolute Gasteiger partial charge is 0.267 e. The number of piperidine rings is 1. The zero-order chi connectivity index (χ0) is 20.2. The van der Waals surface area contributed by atoms with Crippen LogP contribution in [0.3, 0.4) is 0 Å². The highest BCUT2D eigenvalue weighted by molar-refractivity contribution is 7.13. The van der Waals surface area contributed by atoms with E-state index in [1.807, 2.05) is 19.1 Å². The number of nitrogens with zero attached hydrogens (tertiary/aromatic N) is 3. The maximum atomic E-state index is 12.4. The summed E-state index contributed by atoms with van der Waals surface area (Å²) in [5, 5.41) is 7.66. The predicted octanol–water partition coefficient (Wildman–Crippen LogP) is 1.97. The van der Waals surface area contributed by atoms with Crippen molar-refractivity contribution < 1.29 is 9.53 Å². The quantitative estimate of drug-likeness (QED) is 0.779. The van der Waals surface area contributed by atoms with Gasteiger partial charge in [0.05, 0.1) is 30.3 Å². The molecule has 0 saturated carbocycles. The van der Waals surface area contributed by atoms with Crippen molar-refractivity contribution in [1.82, 2.24) is 20.0 Å². The van der Waals surface area contributed by atoms with Crippen molar-refractivity contribution in [3.63, 3.8) is 0 Å². The Hall–Kier alpha value is -2.03. The highest BCUT2D eigenvalue weighted by Gasteiger charge is 2.23. The van der Waals surface area contributed by atoms with Crippen LogP contribution in [-0.4, -0.2) is 52.9 Å². The highest BCUT2D eigenvalue weighted by Crippen LogP contribution is 2.18. The largest absolute Gasteiger partial charge is 0.376 e. The lowest BCUT2D eigenvalue weighted by molar-refractivity contribution is 0.0911. The summed E-state index contributed by atoms with van der Waals surface area (Å²) in [7, 11) is 0. The first-order valence-electron chi connectivity index (χ1n) is 10.4. The summed E-state index contributed by atoms with van der Waals surface area (Å²) < 4.78 is 7.00. The van der Waals surface area contributed by atoms with Gasteiger partial charge in [-0.3, -0.25) is 14.5 Å². The Bertz CT molecular complexity index is 923. The number of carbonyl (C=O) groups is 1. The van der Waals surface area contributed by atoms with Gasteiger partial charge in [0.1, 0.15) is 0 Å². The van der Waals surface area contributed by atoms with E-state index in [9.17, 15) is 9.59 Å². The van der Waals surface area contributed by atoms with Gasteiger partial charge in [0, 0.05) is 42.1 Å². The highest BCUT2D eigenvalue weighted by atomic mass is 32.1. The number of likely N-dealkylation sites (tertiary alicyclic amines) is 1. The number of ether oxygens (including phenoxy) is 1. The van der Waals surface area contributed by atoms with E-state index in [0.717, 1.165) is 53.4 Å². The molecule has 1 amide bonds. The lowest BCUT2D eigenvalue weighted by Crippen LogP contribution is -2.48. The Morgan fingerprint density at radius 2 is 2.24 bits per heavy atom. The Morgan fingerprint density at radius 1 is 1.34 bits per heavy atom. The minimum Gasteiger partial charge on any atom is -0.376 e. The van der Waals surface area contributed by atoms with Crippen LogP contribution in [0.1, 0.15) is 45.1 Å². The van der Waals surface area contributed by atoms with Crippen LogP contribution in [0.5, 0.6) is 0 Å². The molecule has 1 saturated heterocycles. The van der Waals surface area contributed by atoms with E-state index in [2.05, 4.69) is 15.3 Å². The van der Waals surface area contributed by atoms with Crippen LogP contribution < -0.4 is 10.9 Å². The number of amides is 1. The number of thiophene rings is 1. The van der Waals surface area contributed by atoms with Gasteiger partial charge in [-0.15, -0.1) is 11.3 Å². The lowest BCUT2D eigenvalue weighted by atomic mass is 10.0. The lowest BCUT2D eigenvalue weighted by Gasteiger charge is -2.35. The molecule has 2 aromatic heterocycles. The first-order valence-corrected chi connectivity index (χ1v) is 11.2. The molecule has 1 atom stereocenters. The van der Waals surface area contributed by atoms with Crippen LogP contribution in [0.4, 0.5) is 0 Å². The monoisotopic (exact) mass is 416 g/mol. The molecule has 2 aliphatic rings. The van der Waals surface area contributed by atoms with Crippen molar-refractivity contribution in [3.05, 3.63) is 49.6 Å². The molecular formula is C21H28N4O3S. The number of aromatic nitrogens is 2. The fourth-order valence-corrected chi connectivity index (χ4v) is 4.86. The first-order chi connectivity index (χ1) is 14.1. The van der Waals surface area contributed by atoms with Crippen LogP contribution in [0.15, 0.2) is 23.0 Å². The molecule has 0 aliphatic carbocycles. The van der Waals surface area contributed by atoms with Crippen molar-refractivity contribution in [2.45, 2.75) is 51.8 Å². The van der Waals surface area contributed by atoms with Gasteiger partial charge in [-0.05, 0) is 38.4 Å². The molecule has 4 heterocycles. The molecule has 0 aromatic carbocycles. The third-order valence-electron chi connectivity index (χ3n) is 5.72. The molecule has 156 valence electrons. The number of hydrogen-bond acceptors (Lipinski definition) is 6. The molecule has 0 spiro atoms.